The standard InChI is InChI=1S/C9H12N4O5S/c1-13(6-11)8(14)7(5-19(2,16)17)12-9(15)18-4-3-10/h7H,4-5H2,1-2H3,(H,12,15). The smallest absolute Gasteiger partial charge is 0.408 e. The Kier molecular flexibility index (Phi) is 6.30. The van der Waals surface area contributed by atoms with Crippen LogP contribution in [0.25, 0.3) is 0 Å². The maximum Gasteiger partial charge on any atom is 0.408 e. The summed E-state index contributed by atoms with van der Waals surface area (Å²) in [4.78, 5) is 23.4. The van der Waals surface area contributed by atoms with Gasteiger partial charge in [0.1, 0.15) is 21.9 Å². The number of amides is 2. The third-order valence-electron chi connectivity index (χ3n) is 1.81. The first kappa shape index (κ1) is 16.7. The van der Waals surface area contributed by atoms with Crippen LogP contribution in [0.3, 0.4) is 0 Å². The molecule has 0 radical (unpaired) electrons. The number of nitrogens with zero attached hydrogens (tertiary/aromatic N) is 3. The lowest BCUT2D eigenvalue weighted by Crippen LogP contribution is -2.49. The molecule has 0 spiro atoms. The summed E-state index contributed by atoms with van der Waals surface area (Å²) in [6.07, 6.45) is 1.25. The molecular weight excluding hydrogens is 276 g/mol. The van der Waals surface area contributed by atoms with E-state index < -0.39 is 40.2 Å². The van der Waals surface area contributed by atoms with Crippen molar-refractivity contribution in [2.75, 3.05) is 25.7 Å². The molecule has 0 fully saturated rings. The van der Waals surface area contributed by atoms with Gasteiger partial charge in [0.15, 0.2) is 12.8 Å². The Balaban J connectivity index is 4.89. The number of nitrogens with one attached hydrogen (secondary N) is 1. The number of hydrogen-bond acceptors (Lipinski definition) is 7. The van der Waals surface area contributed by atoms with Gasteiger partial charge in [-0.25, -0.2) is 13.2 Å². The molecule has 1 unspecified atom stereocenters. The lowest BCUT2D eigenvalue weighted by molar-refractivity contribution is -0.128. The van der Waals surface area contributed by atoms with Crippen molar-refractivity contribution in [3.63, 3.8) is 0 Å². The molecule has 19 heavy (non-hydrogen) atoms. The number of alkyl carbamates (subject to hydrolysis) is 1. The van der Waals surface area contributed by atoms with Crippen LogP contribution < -0.4 is 5.32 Å². The predicted molar refractivity (Wildman–Crippen MR) is 62.0 cm³/mol. The summed E-state index contributed by atoms with van der Waals surface area (Å²) < 4.78 is 26.6. The minimum Gasteiger partial charge on any atom is -0.434 e. The van der Waals surface area contributed by atoms with E-state index in [2.05, 4.69) is 4.74 Å². The van der Waals surface area contributed by atoms with Gasteiger partial charge >= 0.3 is 6.09 Å². The number of carbonyl (C=O) groups excluding carboxylic acids is 2. The van der Waals surface area contributed by atoms with Crippen molar-refractivity contribution in [2.45, 2.75) is 6.04 Å². The maximum atomic E-state index is 11.7. The second-order valence-electron chi connectivity index (χ2n) is 3.52. The minimum absolute atomic E-state index is 0.542. The molecule has 104 valence electrons. The van der Waals surface area contributed by atoms with Crippen molar-refractivity contribution in [3.8, 4) is 12.3 Å². The van der Waals surface area contributed by atoms with Gasteiger partial charge in [0.05, 0.1) is 5.75 Å². The summed E-state index contributed by atoms with van der Waals surface area (Å²) in [6.45, 7) is -0.542. The van der Waals surface area contributed by atoms with Crippen molar-refractivity contribution < 1.29 is 22.7 Å². The number of likely N-dealkylation sites (N-methyl/N-ethyl adjacent to an activating group) is 1. The van der Waals surface area contributed by atoms with Crippen LogP contribution in [0, 0.1) is 22.8 Å². The first-order valence-corrected chi connectivity index (χ1v) is 6.92. The van der Waals surface area contributed by atoms with E-state index in [4.69, 9.17) is 10.5 Å². The lowest BCUT2D eigenvalue weighted by atomic mass is 10.3. The Morgan fingerprint density at radius 3 is 2.42 bits per heavy atom. The lowest BCUT2D eigenvalue weighted by Gasteiger charge is -2.18. The van der Waals surface area contributed by atoms with Gasteiger partial charge in [-0.05, 0) is 0 Å². The highest BCUT2D eigenvalue weighted by Crippen LogP contribution is 1.98. The molecule has 0 aliphatic rings. The number of rotatable bonds is 5. The van der Waals surface area contributed by atoms with Crippen LogP contribution in [0.4, 0.5) is 4.79 Å². The summed E-state index contributed by atoms with van der Waals surface area (Å²) in [6, 6.07) is 0.0813. The summed E-state index contributed by atoms with van der Waals surface area (Å²) in [5.41, 5.74) is 0. The molecule has 0 bridgehead atoms. The Morgan fingerprint density at radius 2 is 2.00 bits per heavy atom. The van der Waals surface area contributed by atoms with Crippen molar-refractivity contribution >= 4 is 21.8 Å². The summed E-state index contributed by atoms with van der Waals surface area (Å²) in [5, 5.41) is 18.7. The summed E-state index contributed by atoms with van der Waals surface area (Å²) in [7, 11) is -2.44. The molecular formula is C9H12N4O5S. The molecule has 1 N–H and O–H groups in total. The second kappa shape index (κ2) is 7.18. The van der Waals surface area contributed by atoms with Gasteiger partial charge in [0, 0.05) is 13.3 Å². The van der Waals surface area contributed by atoms with Crippen LogP contribution in [0.2, 0.25) is 0 Å². The molecule has 2 amide bonds. The van der Waals surface area contributed by atoms with E-state index in [9.17, 15) is 18.0 Å². The number of nitriles is 2. The molecule has 9 nitrogen and oxygen atoms in total. The van der Waals surface area contributed by atoms with Gasteiger partial charge < -0.3 is 10.1 Å². The fourth-order valence-electron chi connectivity index (χ4n) is 1.04. The Labute approximate surface area is 110 Å². The molecule has 0 rings (SSSR count). The van der Waals surface area contributed by atoms with Crippen LogP contribution in [0.1, 0.15) is 0 Å². The van der Waals surface area contributed by atoms with E-state index in [1.165, 1.54) is 12.3 Å². The molecule has 0 aromatic rings. The van der Waals surface area contributed by atoms with E-state index >= 15 is 0 Å². The quantitative estimate of drug-likeness (QED) is 0.484. The van der Waals surface area contributed by atoms with Crippen molar-refractivity contribution in [1.82, 2.24) is 10.2 Å². The average Bonchev–Trinajstić information content (AvgIpc) is 2.31. The fraction of sp³-hybridized carbons (Fsp3) is 0.556. The monoisotopic (exact) mass is 288 g/mol. The van der Waals surface area contributed by atoms with Crippen molar-refractivity contribution in [2.24, 2.45) is 0 Å². The number of sulfone groups is 1. The molecule has 10 heteroatoms. The number of ether oxygens (including phenoxy) is 1. The molecule has 0 aromatic heterocycles. The highest BCUT2D eigenvalue weighted by atomic mass is 32.2. The van der Waals surface area contributed by atoms with Crippen LogP contribution in [0.5, 0.6) is 0 Å². The molecule has 0 saturated heterocycles. The first-order chi connectivity index (χ1) is 8.71. The van der Waals surface area contributed by atoms with E-state index in [0.29, 0.717) is 4.90 Å². The molecule has 0 heterocycles. The number of hydrogen-bond donors (Lipinski definition) is 1. The van der Waals surface area contributed by atoms with Crippen LogP contribution in [-0.2, 0) is 19.4 Å². The van der Waals surface area contributed by atoms with Crippen molar-refractivity contribution in [3.05, 3.63) is 0 Å². The predicted octanol–water partition coefficient (Wildman–Crippen LogP) is -1.41. The topological polar surface area (TPSA) is 140 Å². The molecule has 1 atom stereocenters. The van der Waals surface area contributed by atoms with Gasteiger partial charge in [0.25, 0.3) is 5.91 Å². The van der Waals surface area contributed by atoms with Gasteiger partial charge in [-0.2, -0.15) is 10.5 Å². The minimum atomic E-state index is -3.57. The maximum absolute atomic E-state index is 11.7. The normalized spacial score (nSPS) is 11.6. The molecule has 0 aliphatic carbocycles. The summed E-state index contributed by atoms with van der Waals surface area (Å²) >= 11 is 0. The van der Waals surface area contributed by atoms with Gasteiger partial charge in [0.2, 0.25) is 0 Å². The van der Waals surface area contributed by atoms with Gasteiger partial charge in [-0.1, -0.05) is 0 Å². The highest BCUT2D eigenvalue weighted by molar-refractivity contribution is 7.90. The van der Waals surface area contributed by atoms with E-state index in [-0.39, 0.29) is 0 Å². The Bertz CT molecular complexity index is 530. The van der Waals surface area contributed by atoms with Crippen LogP contribution in [-0.4, -0.2) is 57.0 Å². The zero-order valence-electron chi connectivity index (χ0n) is 10.3. The largest absolute Gasteiger partial charge is 0.434 e. The van der Waals surface area contributed by atoms with Crippen LogP contribution in [0.15, 0.2) is 0 Å². The Hall–Kier alpha value is -2.33. The second-order valence-corrected chi connectivity index (χ2v) is 5.71. The molecule has 0 aliphatic heterocycles. The fourth-order valence-corrected chi connectivity index (χ4v) is 1.87. The van der Waals surface area contributed by atoms with Gasteiger partial charge in [-0.15, -0.1) is 0 Å². The SMILES string of the molecule is CN(C#N)C(=O)C(CS(C)(=O)=O)NC(=O)OCC#N. The van der Waals surface area contributed by atoms with Crippen molar-refractivity contribution in [1.29, 1.82) is 10.5 Å². The Morgan fingerprint density at radius 1 is 1.42 bits per heavy atom. The van der Waals surface area contributed by atoms with Gasteiger partial charge in [-0.3, -0.25) is 9.69 Å². The molecule has 0 aromatic carbocycles. The third kappa shape index (κ3) is 6.85. The van der Waals surface area contributed by atoms with Crippen LogP contribution >= 0.6 is 0 Å². The van der Waals surface area contributed by atoms with E-state index in [1.54, 1.807) is 0 Å². The zero-order chi connectivity index (χ0) is 15.1. The summed E-state index contributed by atoms with van der Waals surface area (Å²) in [5.74, 6) is -1.58. The zero-order valence-corrected chi connectivity index (χ0v) is 11.1. The highest BCUT2D eigenvalue weighted by Gasteiger charge is 2.28. The van der Waals surface area contributed by atoms with E-state index in [0.717, 1.165) is 13.3 Å². The first-order valence-electron chi connectivity index (χ1n) is 4.86. The number of carbonyl (C=O) groups is 2. The average molecular weight is 288 g/mol. The molecule has 0 saturated carbocycles. The van der Waals surface area contributed by atoms with E-state index in [1.807, 2.05) is 5.32 Å². The third-order valence-corrected chi connectivity index (χ3v) is 2.75.